The van der Waals surface area contributed by atoms with Gasteiger partial charge in [0.05, 0.1) is 19.3 Å². The minimum absolute atomic E-state index is 0.0163. The molecule has 0 atom stereocenters. The molecule has 21 heavy (non-hydrogen) atoms. The molecule has 0 heterocycles. The summed E-state index contributed by atoms with van der Waals surface area (Å²) in [4.78, 5) is 11.8. The van der Waals surface area contributed by atoms with E-state index in [-0.39, 0.29) is 18.3 Å². The lowest BCUT2D eigenvalue weighted by Gasteiger charge is -2.10. The summed E-state index contributed by atoms with van der Waals surface area (Å²) in [6.07, 6.45) is 0. The Morgan fingerprint density at radius 3 is 2.81 bits per heavy atom. The van der Waals surface area contributed by atoms with Crippen molar-refractivity contribution < 1.29 is 13.9 Å². The van der Waals surface area contributed by atoms with E-state index in [0.29, 0.717) is 17.1 Å². The summed E-state index contributed by atoms with van der Waals surface area (Å²) in [5.74, 6) is 0.0180. The van der Waals surface area contributed by atoms with Crippen LogP contribution in [0.25, 0.3) is 0 Å². The highest BCUT2D eigenvalue weighted by atomic mass is 19.1. The second-order valence-corrected chi connectivity index (χ2v) is 4.62. The zero-order chi connectivity index (χ0) is 15.2. The summed E-state index contributed by atoms with van der Waals surface area (Å²) in [6.45, 7) is 1.85. The molecule has 2 aromatic carbocycles. The van der Waals surface area contributed by atoms with Crippen LogP contribution in [-0.4, -0.2) is 19.6 Å². The Bertz CT molecular complexity index is 644. The van der Waals surface area contributed by atoms with Crippen LogP contribution in [0, 0.1) is 12.7 Å². The molecule has 0 fully saturated rings. The van der Waals surface area contributed by atoms with Crippen LogP contribution in [0.15, 0.2) is 42.5 Å². The molecule has 0 bridgehead atoms. The fraction of sp³-hybridized carbons (Fsp3) is 0.188. The molecule has 0 radical (unpaired) electrons. The summed E-state index contributed by atoms with van der Waals surface area (Å²) in [5, 5.41) is 5.50. The van der Waals surface area contributed by atoms with Crippen molar-refractivity contribution in [2.75, 3.05) is 24.3 Å². The Morgan fingerprint density at radius 2 is 2.05 bits per heavy atom. The van der Waals surface area contributed by atoms with Crippen LogP contribution in [-0.2, 0) is 4.79 Å². The molecule has 0 saturated carbocycles. The molecule has 0 saturated heterocycles. The predicted molar refractivity (Wildman–Crippen MR) is 81.3 cm³/mol. The lowest BCUT2D eigenvalue weighted by Crippen LogP contribution is -2.22. The first-order valence-electron chi connectivity index (χ1n) is 6.52. The fourth-order valence-electron chi connectivity index (χ4n) is 1.86. The van der Waals surface area contributed by atoms with Gasteiger partial charge in [0.2, 0.25) is 5.91 Å². The van der Waals surface area contributed by atoms with E-state index in [9.17, 15) is 9.18 Å². The predicted octanol–water partition coefficient (Wildman–Crippen LogP) is 3.19. The van der Waals surface area contributed by atoms with E-state index in [4.69, 9.17) is 4.74 Å². The monoisotopic (exact) mass is 288 g/mol. The van der Waals surface area contributed by atoms with Crippen molar-refractivity contribution in [3.63, 3.8) is 0 Å². The Balaban J connectivity index is 1.94. The third kappa shape index (κ3) is 4.21. The number of hydrogen-bond donors (Lipinski definition) is 2. The Kier molecular flexibility index (Phi) is 4.77. The van der Waals surface area contributed by atoms with Crippen molar-refractivity contribution >= 4 is 17.3 Å². The molecule has 0 aliphatic heterocycles. The van der Waals surface area contributed by atoms with Gasteiger partial charge < -0.3 is 15.4 Å². The average molecular weight is 288 g/mol. The average Bonchev–Trinajstić information content (AvgIpc) is 2.48. The van der Waals surface area contributed by atoms with Gasteiger partial charge in [-0.25, -0.2) is 4.39 Å². The summed E-state index contributed by atoms with van der Waals surface area (Å²) in [6, 6.07) is 11.7. The first-order valence-corrected chi connectivity index (χ1v) is 6.52. The summed E-state index contributed by atoms with van der Waals surface area (Å²) >= 11 is 0. The van der Waals surface area contributed by atoms with Crippen molar-refractivity contribution in [1.82, 2.24) is 0 Å². The summed E-state index contributed by atoms with van der Waals surface area (Å²) < 4.78 is 18.6. The van der Waals surface area contributed by atoms with Crippen LogP contribution in [0.3, 0.4) is 0 Å². The standard InChI is InChI=1S/C16H17FN2O2/c1-11-6-7-14(17)15(8-11)18-10-16(20)19-12-4-3-5-13(9-12)21-2/h3-9,18H,10H2,1-2H3,(H,19,20). The number of nitrogens with one attached hydrogen (secondary N) is 2. The summed E-state index contributed by atoms with van der Waals surface area (Å²) in [7, 11) is 1.56. The largest absolute Gasteiger partial charge is 0.497 e. The van der Waals surface area contributed by atoms with Gasteiger partial charge in [-0.1, -0.05) is 12.1 Å². The van der Waals surface area contributed by atoms with E-state index < -0.39 is 0 Å². The van der Waals surface area contributed by atoms with Gasteiger partial charge in [0, 0.05) is 11.8 Å². The number of ether oxygens (including phenoxy) is 1. The molecule has 0 aromatic heterocycles. The van der Waals surface area contributed by atoms with E-state index in [1.807, 2.05) is 6.92 Å². The van der Waals surface area contributed by atoms with Crippen molar-refractivity contribution in [2.45, 2.75) is 6.92 Å². The van der Waals surface area contributed by atoms with Crippen LogP contribution in [0.5, 0.6) is 5.75 Å². The maximum atomic E-state index is 13.5. The highest BCUT2D eigenvalue weighted by Gasteiger charge is 2.06. The molecule has 5 heteroatoms. The van der Waals surface area contributed by atoms with E-state index in [1.165, 1.54) is 6.07 Å². The second-order valence-electron chi connectivity index (χ2n) is 4.62. The van der Waals surface area contributed by atoms with Crippen molar-refractivity contribution in [2.24, 2.45) is 0 Å². The highest BCUT2D eigenvalue weighted by molar-refractivity contribution is 5.93. The van der Waals surface area contributed by atoms with Gasteiger partial charge in [-0.05, 0) is 36.8 Å². The molecule has 4 nitrogen and oxygen atoms in total. The normalized spacial score (nSPS) is 10.0. The van der Waals surface area contributed by atoms with Gasteiger partial charge in [-0.2, -0.15) is 0 Å². The molecule has 0 aliphatic carbocycles. The molecule has 2 rings (SSSR count). The number of benzene rings is 2. The zero-order valence-electron chi connectivity index (χ0n) is 11.9. The van der Waals surface area contributed by atoms with Crippen molar-refractivity contribution in [3.05, 3.63) is 53.8 Å². The van der Waals surface area contributed by atoms with Gasteiger partial charge in [0.15, 0.2) is 0 Å². The molecule has 1 amide bonds. The smallest absolute Gasteiger partial charge is 0.243 e. The molecule has 0 aliphatic rings. The number of rotatable bonds is 5. The number of aryl methyl sites for hydroxylation is 1. The number of carbonyl (C=O) groups excluding carboxylic acids is 1. The van der Waals surface area contributed by atoms with Gasteiger partial charge >= 0.3 is 0 Å². The molecule has 0 spiro atoms. The van der Waals surface area contributed by atoms with Crippen LogP contribution in [0.2, 0.25) is 0 Å². The number of carbonyl (C=O) groups is 1. The fourth-order valence-corrected chi connectivity index (χ4v) is 1.86. The molecule has 2 aromatic rings. The zero-order valence-corrected chi connectivity index (χ0v) is 11.9. The van der Waals surface area contributed by atoms with E-state index in [0.717, 1.165) is 5.56 Å². The first kappa shape index (κ1) is 14.8. The Hall–Kier alpha value is -2.56. The first-order chi connectivity index (χ1) is 10.1. The summed E-state index contributed by atoms with van der Waals surface area (Å²) in [5.41, 5.74) is 1.87. The minimum atomic E-state index is -0.380. The van der Waals surface area contributed by atoms with Crippen LogP contribution < -0.4 is 15.4 Å². The molecule has 0 unspecified atom stereocenters. The van der Waals surface area contributed by atoms with Gasteiger partial charge in [-0.15, -0.1) is 0 Å². The van der Waals surface area contributed by atoms with Crippen LogP contribution in [0.4, 0.5) is 15.8 Å². The molecular formula is C16H17FN2O2. The third-order valence-corrected chi connectivity index (χ3v) is 2.91. The van der Waals surface area contributed by atoms with E-state index in [2.05, 4.69) is 10.6 Å². The SMILES string of the molecule is COc1cccc(NC(=O)CNc2cc(C)ccc2F)c1. The molecule has 2 N–H and O–H groups in total. The minimum Gasteiger partial charge on any atom is -0.497 e. The lowest BCUT2D eigenvalue weighted by atomic mass is 10.2. The Labute approximate surface area is 122 Å². The topological polar surface area (TPSA) is 50.4 Å². The molecular weight excluding hydrogens is 271 g/mol. The van der Waals surface area contributed by atoms with E-state index >= 15 is 0 Å². The maximum Gasteiger partial charge on any atom is 0.243 e. The Morgan fingerprint density at radius 1 is 1.24 bits per heavy atom. The number of anilines is 2. The highest BCUT2D eigenvalue weighted by Crippen LogP contribution is 2.17. The van der Waals surface area contributed by atoms with Gasteiger partial charge in [0.25, 0.3) is 0 Å². The van der Waals surface area contributed by atoms with Gasteiger partial charge in [-0.3, -0.25) is 4.79 Å². The number of amides is 1. The molecule has 110 valence electrons. The number of halogens is 1. The van der Waals surface area contributed by atoms with E-state index in [1.54, 1.807) is 43.5 Å². The van der Waals surface area contributed by atoms with Crippen molar-refractivity contribution in [1.29, 1.82) is 0 Å². The van der Waals surface area contributed by atoms with Crippen molar-refractivity contribution in [3.8, 4) is 5.75 Å². The quantitative estimate of drug-likeness (QED) is 0.888. The second kappa shape index (κ2) is 6.74. The maximum absolute atomic E-state index is 13.5. The third-order valence-electron chi connectivity index (χ3n) is 2.91. The van der Waals surface area contributed by atoms with Gasteiger partial charge in [0.1, 0.15) is 11.6 Å². The lowest BCUT2D eigenvalue weighted by molar-refractivity contribution is -0.114. The van der Waals surface area contributed by atoms with Crippen LogP contribution in [0.1, 0.15) is 5.56 Å². The number of hydrogen-bond acceptors (Lipinski definition) is 3. The number of methoxy groups -OCH3 is 1. The van der Waals surface area contributed by atoms with Crippen LogP contribution >= 0.6 is 0 Å².